The first-order chi connectivity index (χ1) is 9.66. The van der Waals surface area contributed by atoms with E-state index in [0.29, 0.717) is 17.8 Å². The fourth-order valence-corrected chi connectivity index (χ4v) is 1.76. The van der Waals surface area contributed by atoms with E-state index in [-0.39, 0.29) is 11.8 Å². The molecule has 0 bridgehead atoms. The van der Waals surface area contributed by atoms with Gasteiger partial charge in [0, 0.05) is 25.9 Å². The molecule has 5 heteroatoms. The zero-order valence-corrected chi connectivity index (χ0v) is 11.1. The van der Waals surface area contributed by atoms with Gasteiger partial charge in [-0.1, -0.05) is 12.1 Å². The van der Waals surface area contributed by atoms with E-state index in [2.05, 4.69) is 15.6 Å². The molecule has 1 aromatic heterocycles. The van der Waals surface area contributed by atoms with Crippen molar-refractivity contribution in [3.63, 3.8) is 0 Å². The first-order valence-electron chi connectivity index (χ1n) is 6.20. The van der Waals surface area contributed by atoms with Crippen molar-refractivity contribution in [1.29, 1.82) is 0 Å². The number of rotatable bonds is 4. The predicted octanol–water partition coefficient (Wildman–Crippen LogP) is 1.97. The summed E-state index contributed by atoms with van der Waals surface area (Å²) < 4.78 is 0. The number of hydrogen-bond donors (Lipinski definition) is 2. The molecular formula is C15H15N3O2. The Balaban J connectivity index is 2.07. The molecule has 0 radical (unpaired) electrons. The number of para-hydroxylation sites is 1. The summed E-state index contributed by atoms with van der Waals surface area (Å²) in [6, 6.07) is 10.6. The summed E-state index contributed by atoms with van der Waals surface area (Å²) in [4.78, 5) is 27.2. The molecule has 1 heterocycles. The normalized spacial score (nSPS) is 9.85. The molecule has 0 fully saturated rings. The monoisotopic (exact) mass is 269 g/mol. The minimum Gasteiger partial charge on any atom is -0.348 e. The van der Waals surface area contributed by atoms with Gasteiger partial charge in [0.25, 0.3) is 5.91 Å². The Morgan fingerprint density at radius 2 is 1.80 bits per heavy atom. The molecule has 0 aliphatic carbocycles. The summed E-state index contributed by atoms with van der Waals surface area (Å²) in [6.45, 7) is 1.82. The van der Waals surface area contributed by atoms with E-state index < -0.39 is 0 Å². The maximum Gasteiger partial charge on any atom is 0.253 e. The van der Waals surface area contributed by atoms with E-state index in [0.717, 1.165) is 5.56 Å². The molecular weight excluding hydrogens is 254 g/mol. The van der Waals surface area contributed by atoms with Crippen molar-refractivity contribution < 1.29 is 9.59 Å². The minimum absolute atomic E-state index is 0.209. The summed E-state index contributed by atoms with van der Waals surface area (Å²) in [5.74, 6) is -0.439. The molecule has 102 valence electrons. The number of pyridine rings is 1. The lowest BCUT2D eigenvalue weighted by molar-refractivity contribution is -0.114. The molecule has 20 heavy (non-hydrogen) atoms. The number of hydrogen-bond acceptors (Lipinski definition) is 3. The fraction of sp³-hybridized carbons (Fsp3) is 0.133. The van der Waals surface area contributed by atoms with Gasteiger partial charge in [-0.05, 0) is 29.8 Å². The van der Waals surface area contributed by atoms with Gasteiger partial charge < -0.3 is 10.6 Å². The van der Waals surface area contributed by atoms with E-state index in [4.69, 9.17) is 0 Å². The number of anilines is 1. The zero-order valence-electron chi connectivity index (χ0n) is 11.1. The van der Waals surface area contributed by atoms with Crippen LogP contribution in [0.4, 0.5) is 5.69 Å². The van der Waals surface area contributed by atoms with E-state index in [1.807, 2.05) is 12.1 Å². The Morgan fingerprint density at radius 3 is 2.50 bits per heavy atom. The molecule has 2 rings (SSSR count). The highest BCUT2D eigenvalue weighted by molar-refractivity contribution is 6.03. The molecule has 0 unspecified atom stereocenters. The molecule has 2 N–H and O–H groups in total. The first-order valence-corrected chi connectivity index (χ1v) is 6.20. The standard InChI is InChI=1S/C15H15N3O2/c1-11(19)18-14-5-3-2-4-13(14)15(20)17-10-12-6-8-16-9-7-12/h2-9H,10H2,1H3,(H,17,20)(H,18,19). The second kappa shape index (κ2) is 6.47. The quantitative estimate of drug-likeness (QED) is 0.891. The van der Waals surface area contributed by atoms with Crippen molar-refractivity contribution >= 4 is 17.5 Å². The van der Waals surface area contributed by atoms with Crippen molar-refractivity contribution in [2.45, 2.75) is 13.5 Å². The van der Waals surface area contributed by atoms with E-state index in [1.165, 1.54) is 6.92 Å². The van der Waals surface area contributed by atoms with Gasteiger partial charge in [0.2, 0.25) is 5.91 Å². The van der Waals surface area contributed by atoms with Crippen LogP contribution in [-0.4, -0.2) is 16.8 Å². The van der Waals surface area contributed by atoms with Gasteiger partial charge in [-0.2, -0.15) is 0 Å². The van der Waals surface area contributed by atoms with Crippen LogP contribution in [0.5, 0.6) is 0 Å². The second-order valence-corrected chi connectivity index (χ2v) is 4.26. The summed E-state index contributed by atoms with van der Waals surface area (Å²) >= 11 is 0. The number of aromatic nitrogens is 1. The molecule has 0 saturated heterocycles. The second-order valence-electron chi connectivity index (χ2n) is 4.26. The summed E-state index contributed by atoms with van der Waals surface area (Å²) in [7, 11) is 0. The largest absolute Gasteiger partial charge is 0.348 e. The molecule has 2 amide bonds. The van der Waals surface area contributed by atoms with Gasteiger partial charge >= 0.3 is 0 Å². The highest BCUT2D eigenvalue weighted by Gasteiger charge is 2.11. The van der Waals surface area contributed by atoms with E-state index in [9.17, 15) is 9.59 Å². The van der Waals surface area contributed by atoms with Crippen LogP contribution in [-0.2, 0) is 11.3 Å². The third-order valence-electron chi connectivity index (χ3n) is 2.68. The molecule has 2 aromatic rings. The van der Waals surface area contributed by atoms with Crippen molar-refractivity contribution in [3.8, 4) is 0 Å². The third kappa shape index (κ3) is 3.65. The van der Waals surface area contributed by atoms with Crippen molar-refractivity contribution in [1.82, 2.24) is 10.3 Å². The van der Waals surface area contributed by atoms with Crippen LogP contribution in [0.3, 0.4) is 0 Å². The van der Waals surface area contributed by atoms with Gasteiger partial charge in [-0.3, -0.25) is 14.6 Å². The van der Waals surface area contributed by atoms with Crippen molar-refractivity contribution in [2.24, 2.45) is 0 Å². The molecule has 0 aliphatic rings. The summed E-state index contributed by atoms with van der Waals surface area (Å²) in [5.41, 5.74) is 1.91. The van der Waals surface area contributed by atoms with Crippen LogP contribution in [0.15, 0.2) is 48.8 Å². The third-order valence-corrected chi connectivity index (χ3v) is 2.68. The Labute approximate surface area is 117 Å². The number of carbonyl (C=O) groups is 2. The Hall–Kier alpha value is -2.69. The Kier molecular flexibility index (Phi) is 4.44. The molecule has 0 atom stereocenters. The highest BCUT2D eigenvalue weighted by Crippen LogP contribution is 2.14. The smallest absolute Gasteiger partial charge is 0.253 e. The van der Waals surface area contributed by atoms with Gasteiger partial charge in [0.15, 0.2) is 0 Å². The fourth-order valence-electron chi connectivity index (χ4n) is 1.76. The summed E-state index contributed by atoms with van der Waals surface area (Å²) in [5, 5.41) is 5.45. The SMILES string of the molecule is CC(=O)Nc1ccccc1C(=O)NCc1ccncc1. The Bertz CT molecular complexity index is 612. The number of amides is 2. The van der Waals surface area contributed by atoms with Crippen LogP contribution in [0.1, 0.15) is 22.8 Å². The highest BCUT2D eigenvalue weighted by atomic mass is 16.2. The maximum atomic E-state index is 12.1. The zero-order chi connectivity index (χ0) is 14.4. The maximum absolute atomic E-state index is 12.1. The van der Waals surface area contributed by atoms with Gasteiger partial charge in [0.1, 0.15) is 0 Å². The van der Waals surface area contributed by atoms with Crippen LogP contribution in [0.2, 0.25) is 0 Å². The molecule has 0 saturated carbocycles. The van der Waals surface area contributed by atoms with Crippen LogP contribution in [0, 0.1) is 0 Å². The lowest BCUT2D eigenvalue weighted by atomic mass is 10.1. The molecule has 0 aliphatic heterocycles. The van der Waals surface area contributed by atoms with Crippen LogP contribution in [0.25, 0.3) is 0 Å². The molecule has 0 spiro atoms. The van der Waals surface area contributed by atoms with Gasteiger partial charge in [-0.15, -0.1) is 0 Å². The van der Waals surface area contributed by atoms with Gasteiger partial charge in [0.05, 0.1) is 11.3 Å². The van der Waals surface area contributed by atoms with Gasteiger partial charge in [-0.25, -0.2) is 0 Å². The number of carbonyl (C=O) groups excluding carboxylic acids is 2. The number of nitrogens with zero attached hydrogens (tertiary/aromatic N) is 1. The first kappa shape index (κ1) is 13.7. The van der Waals surface area contributed by atoms with E-state index >= 15 is 0 Å². The van der Waals surface area contributed by atoms with Crippen LogP contribution < -0.4 is 10.6 Å². The molecule has 1 aromatic carbocycles. The van der Waals surface area contributed by atoms with Crippen molar-refractivity contribution in [2.75, 3.05) is 5.32 Å². The Morgan fingerprint density at radius 1 is 1.10 bits per heavy atom. The predicted molar refractivity (Wildman–Crippen MR) is 76.2 cm³/mol. The minimum atomic E-state index is -0.230. The number of benzene rings is 1. The van der Waals surface area contributed by atoms with Crippen LogP contribution >= 0.6 is 0 Å². The lowest BCUT2D eigenvalue weighted by Crippen LogP contribution is -2.24. The van der Waals surface area contributed by atoms with E-state index in [1.54, 1.807) is 36.7 Å². The van der Waals surface area contributed by atoms with Crippen molar-refractivity contribution in [3.05, 3.63) is 59.9 Å². The number of nitrogens with one attached hydrogen (secondary N) is 2. The average molecular weight is 269 g/mol. The summed E-state index contributed by atoms with van der Waals surface area (Å²) in [6.07, 6.45) is 3.35. The lowest BCUT2D eigenvalue weighted by Gasteiger charge is -2.10. The average Bonchev–Trinajstić information content (AvgIpc) is 2.46. The molecule has 5 nitrogen and oxygen atoms in total. The topological polar surface area (TPSA) is 71.1 Å².